The minimum atomic E-state index is -0.427. The highest BCUT2D eigenvalue weighted by Crippen LogP contribution is 2.16. The van der Waals surface area contributed by atoms with Gasteiger partial charge in [0.15, 0.2) is 0 Å². The van der Waals surface area contributed by atoms with Crippen molar-refractivity contribution in [2.24, 2.45) is 5.92 Å². The quantitative estimate of drug-likeness (QED) is 0.734. The fourth-order valence-corrected chi connectivity index (χ4v) is 2.33. The molecule has 2 aromatic carbocycles. The van der Waals surface area contributed by atoms with Crippen LogP contribution in [-0.4, -0.2) is 11.8 Å². The van der Waals surface area contributed by atoms with Gasteiger partial charge < -0.3 is 9.53 Å². The van der Waals surface area contributed by atoms with Gasteiger partial charge in [0.05, 0.1) is 5.92 Å². The molecule has 114 valence electrons. The van der Waals surface area contributed by atoms with Crippen LogP contribution in [0, 0.1) is 5.92 Å². The molecule has 2 rings (SSSR count). The summed E-state index contributed by atoms with van der Waals surface area (Å²) in [6, 6.07) is 19.2. The molecule has 1 unspecified atom stereocenters. The number of carbonyl (C=O) groups excluding carboxylic acids is 2. The average Bonchev–Trinajstić information content (AvgIpc) is 2.53. The molecule has 22 heavy (non-hydrogen) atoms. The summed E-state index contributed by atoms with van der Waals surface area (Å²) in [7, 11) is 0. The first-order chi connectivity index (χ1) is 10.6. The molecular weight excluding hydrogens is 276 g/mol. The van der Waals surface area contributed by atoms with Crippen molar-refractivity contribution in [2.45, 2.75) is 26.4 Å². The average molecular weight is 296 g/mol. The van der Waals surface area contributed by atoms with E-state index >= 15 is 0 Å². The Bertz CT molecular complexity index is 605. The van der Waals surface area contributed by atoms with Gasteiger partial charge in [0.1, 0.15) is 12.4 Å². The zero-order valence-electron chi connectivity index (χ0n) is 12.7. The largest absolute Gasteiger partial charge is 0.461 e. The molecule has 0 aliphatic carbocycles. The molecule has 0 aliphatic heterocycles. The second kappa shape index (κ2) is 8.13. The Morgan fingerprint density at radius 2 is 1.45 bits per heavy atom. The van der Waals surface area contributed by atoms with E-state index < -0.39 is 5.92 Å². The molecule has 3 nitrogen and oxygen atoms in total. The summed E-state index contributed by atoms with van der Waals surface area (Å²) in [4.78, 5) is 23.7. The summed E-state index contributed by atoms with van der Waals surface area (Å²) in [5, 5.41) is 0. The Kier molecular flexibility index (Phi) is 5.90. The van der Waals surface area contributed by atoms with Crippen LogP contribution in [0.4, 0.5) is 0 Å². The van der Waals surface area contributed by atoms with Crippen molar-refractivity contribution in [2.75, 3.05) is 0 Å². The molecule has 2 aromatic rings. The second-order valence-corrected chi connectivity index (χ2v) is 5.39. The van der Waals surface area contributed by atoms with E-state index in [4.69, 9.17) is 4.74 Å². The molecule has 0 fully saturated rings. The number of hydrogen-bond acceptors (Lipinski definition) is 3. The number of ketones is 1. The van der Waals surface area contributed by atoms with Gasteiger partial charge in [-0.25, -0.2) is 0 Å². The first-order valence-electron chi connectivity index (χ1n) is 7.39. The molecule has 0 saturated carbocycles. The maximum atomic E-state index is 12.3. The van der Waals surface area contributed by atoms with Crippen molar-refractivity contribution in [3.8, 4) is 0 Å². The molecule has 0 aromatic heterocycles. The number of ether oxygens (including phenoxy) is 1. The number of hydrogen-bond donors (Lipinski definition) is 0. The third-order valence-corrected chi connectivity index (χ3v) is 3.42. The summed E-state index contributed by atoms with van der Waals surface area (Å²) >= 11 is 0. The molecule has 0 amide bonds. The van der Waals surface area contributed by atoms with Gasteiger partial charge in [-0.05, 0) is 24.5 Å². The first kappa shape index (κ1) is 16.0. The highest BCUT2D eigenvalue weighted by Gasteiger charge is 2.22. The third kappa shape index (κ3) is 5.17. The summed E-state index contributed by atoms with van der Waals surface area (Å²) < 4.78 is 5.37. The predicted molar refractivity (Wildman–Crippen MR) is 85.2 cm³/mol. The normalized spacial score (nSPS) is 11.7. The lowest BCUT2D eigenvalue weighted by atomic mass is 9.95. The van der Waals surface area contributed by atoms with Gasteiger partial charge in [-0.3, -0.25) is 4.79 Å². The standard InChI is InChI=1S/C19H20O3/c1-15(20)12-18(13-16-8-4-2-5-9-16)19(21)22-14-17-10-6-3-7-11-17/h2-11,18H,12-14H2,1H3. The number of rotatable bonds is 7. The van der Waals surface area contributed by atoms with E-state index in [1.807, 2.05) is 60.7 Å². The zero-order chi connectivity index (χ0) is 15.8. The van der Waals surface area contributed by atoms with E-state index in [-0.39, 0.29) is 24.8 Å². The number of benzene rings is 2. The molecule has 0 aliphatic rings. The summed E-state index contributed by atoms with van der Waals surface area (Å²) in [5.41, 5.74) is 1.97. The van der Waals surface area contributed by atoms with Gasteiger partial charge in [-0.2, -0.15) is 0 Å². The van der Waals surface area contributed by atoms with Crippen LogP contribution in [0.15, 0.2) is 60.7 Å². The van der Waals surface area contributed by atoms with Crippen molar-refractivity contribution in [3.05, 3.63) is 71.8 Å². The van der Waals surface area contributed by atoms with Gasteiger partial charge in [0, 0.05) is 6.42 Å². The summed E-state index contributed by atoms with van der Waals surface area (Å²) in [5.74, 6) is -0.746. The number of Topliss-reactive ketones (excluding diaryl/α,β-unsaturated/α-hetero) is 1. The zero-order valence-corrected chi connectivity index (χ0v) is 12.7. The second-order valence-electron chi connectivity index (χ2n) is 5.39. The van der Waals surface area contributed by atoms with Crippen molar-refractivity contribution in [1.29, 1.82) is 0 Å². The number of carbonyl (C=O) groups is 2. The highest BCUT2D eigenvalue weighted by atomic mass is 16.5. The van der Waals surface area contributed by atoms with Crippen molar-refractivity contribution >= 4 is 11.8 Å². The van der Waals surface area contributed by atoms with Gasteiger partial charge >= 0.3 is 5.97 Å². The minimum Gasteiger partial charge on any atom is -0.461 e. The third-order valence-electron chi connectivity index (χ3n) is 3.42. The Hall–Kier alpha value is -2.42. The van der Waals surface area contributed by atoms with Gasteiger partial charge in [-0.1, -0.05) is 60.7 Å². The molecule has 0 N–H and O–H groups in total. The van der Waals surface area contributed by atoms with Gasteiger partial charge in [0.25, 0.3) is 0 Å². The van der Waals surface area contributed by atoms with Crippen LogP contribution in [0.5, 0.6) is 0 Å². The lowest BCUT2D eigenvalue weighted by Gasteiger charge is -2.15. The lowest BCUT2D eigenvalue weighted by molar-refractivity contribution is -0.151. The molecule has 0 radical (unpaired) electrons. The van der Waals surface area contributed by atoms with E-state index in [0.29, 0.717) is 6.42 Å². The molecule has 0 saturated heterocycles. The fourth-order valence-electron chi connectivity index (χ4n) is 2.33. The van der Waals surface area contributed by atoms with E-state index in [2.05, 4.69) is 0 Å². The Balaban J connectivity index is 1.98. The SMILES string of the molecule is CC(=O)CC(Cc1ccccc1)C(=O)OCc1ccccc1. The smallest absolute Gasteiger partial charge is 0.310 e. The molecule has 1 atom stereocenters. The fraction of sp³-hybridized carbons (Fsp3) is 0.263. The van der Waals surface area contributed by atoms with Crippen LogP contribution in [0.1, 0.15) is 24.5 Å². The van der Waals surface area contributed by atoms with E-state index in [1.165, 1.54) is 6.92 Å². The first-order valence-corrected chi connectivity index (χ1v) is 7.39. The van der Waals surface area contributed by atoms with Gasteiger partial charge in [0.2, 0.25) is 0 Å². The highest BCUT2D eigenvalue weighted by molar-refractivity contribution is 5.83. The maximum absolute atomic E-state index is 12.3. The number of esters is 1. The van der Waals surface area contributed by atoms with Crippen LogP contribution >= 0.6 is 0 Å². The van der Waals surface area contributed by atoms with Crippen LogP contribution in [-0.2, 0) is 27.4 Å². The Morgan fingerprint density at radius 1 is 0.909 bits per heavy atom. The van der Waals surface area contributed by atoms with Crippen LogP contribution < -0.4 is 0 Å². The van der Waals surface area contributed by atoms with Crippen molar-refractivity contribution in [3.63, 3.8) is 0 Å². The molecular formula is C19H20O3. The lowest BCUT2D eigenvalue weighted by Crippen LogP contribution is -2.22. The van der Waals surface area contributed by atoms with Crippen LogP contribution in [0.2, 0.25) is 0 Å². The van der Waals surface area contributed by atoms with E-state index in [1.54, 1.807) is 0 Å². The van der Waals surface area contributed by atoms with Crippen molar-refractivity contribution < 1.29 is 14.3 Å². The molecule has 0 spiro atoms. The van der Waals surface area contributed by atoms with Gasteiger partial charge in [-0.15, -0.1) is 0 Å². The van der Waals surface area contributed by atoms with Crippen LogP contribution in [0.3, 0.4) is 0 Å². The topological polar surface area (TPSA) is 43.4 Å². The Morgan fingerprint density at radius 3 is 2.00 bits per heavy atom. The molecule has 3 heteroatoms. The molecule has 0 heterocycles. The summed E-state index contributed by atoms with van der Waals surface area (Å²) in [6.45, 7) is 1.74. The Labute approximate surface area is 130 Å². The maximum Gasteiger partial charge on any atom is 0.310 e. The van der Waals surface area contributed by atoms with E-state index in [9.17, 15) is 9.59 Å². The van der Waals surface area contributed by atoms with Crippen molar-refractivity contribution in [1.82, 2.24) is 0 Å². The minimum absolute atomic E-state index is 0.00223. The monoisotopic (exact) mass is 296 g/mol. The van der Waals surface area contributed by atoms with Crippen LogP contribution in [0.25, 0.3) is 0 Å². The predicted octanol–water partition coefficient (Wildman–Crippen LogP) is 3.57. The summed E-state index contributed by atoms with van der Waals surface area (Å²) in [6.07, 6.45) is 0.733. The van der Waals surface area contributed by atoms with E-state index in [0.717, 1.165) is 11.1 Å². The molecule has 0 bridgehead atoms.